The van der Waals surface area contributed by atoms with E-state index in [-0.39, 0.29) is 10.6 Å². The molecule has 1 saturated heterocycles. The van der Waals surface area contributed by atoms with Crippen molar-refractivity contribution in [2.45, 2.75) is 0 Å². The van der Waals surface area contributed by atoms with Gasteiger partial charge < -0.3 is 9.64 Å². The second-order valence-electron chi connectivity index (χ2n) is 4.00. The number of rotatable bonds is 2. The number of nitro groups is 1. The maximum atomic E-state index is 10.7. The Morgan fingerprint density at radius 2 is 2.17 bits per heavy atom. The molecule has 6 nitrogen and oxygen atoms in total. The number of anilines is 1. The highest BCUT2D eigenvalue weighted by atomic mass is 32.1. The van der Waals surface area contributed by atoms with Crippen LogP contribution in [0.25, 0.3) is 10.2 Å². The van der Waals surface area contributed by atoms with Crippen molar-refractivity contribution in [1.82, 2.24) is 4.98 Å². The molecule has 2 heterocycles. The van der Waals surface area contributed by atoms with E-state index < -0.39 is 0 Å². The van der Waals surface area contributed by atoms with Gasteiger partial charge in [0.25, 0.3) is 5.69 Å². The lowest BCUT2D eigenvalue weighted by atomic mass is 10.3. The number of morpholine rings is 1. The number of aromatic nitrogens is 1. The fourth-order valence-electron chi connectivity index (χ4n) is 1.90. The summed E-state index contributed by atoms with van der Waals surface area (Å²) in [5.41, 5.74) is 0.923. The third-order valence-corrected chi connectivity index (χ3v) is 3.93. The van der Waals surface area contributed by atoms with Gasteiger partial charge in [-0.1, -0.05) is 11.3 Å². The first-order chi connectivity index (χ1) is 8.74. The average molecular weight is 265 g/mol. The van der Waals surface area contributed by atoms with Gasteiger partial charge in [-0.2, -0.15) is 0 Å². The topological polar surface area (TPSA) is 68.5 Å². The summed E-state index contributed by atoms with van der Waals surface area (Å²) in [6.07, 6.45) is 0. The van der Waals surface area contributed by atoms with E-state index in [0.717, 1.165) is 28.4 Å². The summed E-state index contributed by atoms with van der Waals surface area (Å²) in [6.45, 7) is 3.05. The summed E-state index contributed by atoms with van der Waals surface area (Å²) in [5, 5.41) is 11.6. The minimum Gasteiger partial charge on any atom is -0.378 e. The van der Waals surface area contributed by atoms with Crippen LogP contribution in [0, 0.1) is 10.1 Å². The van der Waals surface area contributed by atoms with E-state index in [0.29, 0.717) is 13.2 Å². The van der Waals surface area contributed by atoms with Gasteiger partial charge in [0.05, 0.1) is 28.4 Å². The monoisotopic (exact) mass is 265 g/mol. The molecule has 3 rings (SSSR count). The number of benzene rings is 1. The van der Waals surface area contributed by atoms with E-state index in [1.165, 1.54) is 17.4 Å². The van der Waals surface area contributed by atoms with Crippen LogP contribution >= 0.6 is 11.3 Å². The molecule has 1 aliphatic heterocycles. The van der Waals surface area contributed by atoms with Crippen LogP contribution in [-0.4, -0.2) is 36.2 Å². The predicted octanol–water partition coefficient (Wildman–Crippen LogP) is 2.04. The predicted molar refractivity (Wildman–Crippen MR) is 69.3 cm³/mol. The summed E-state index contributed by atoms with van der Waals surface area (Å²) in [7, 11) is 0. The Morgan fingerprint density at radius 1 is 1.39 bits per heavy atom. The molecule has 1 fully saturated rings. The molecule has 0 atom stereocenters. The summed E-state index contributed by atoms with van der Waals surface area (Å²) >= 11 is 1.49. The lowest BCUT2D eigenvalue weighted by Gasteiger charge is -2.25. The summed E-state index contributed by atoms with van der Waals surface area (Å²) in [5.74, 6) is 0. The molecule has 0 unspecified atom stereocenters. The van der Waals surface area contributed by atoms with Crippen LogP contribution < -0.4 is 4.90 Å². The zero-order chi connectivity index (χ0) is 12.5. The van der Waals surface area contributed by atoms with Gasteiger partial charge in [0, 0.05) is 25.2 Å². The zero-order valence-electron chi connectivity index (χ0n) is 9.54. The van der Waals surface area contributed by atoms with E-state index in [2.05, 4.69) is 9.88 Å². The van der Waals surface area contributed by atoms with Gasteiger partial charge in [-0.25, -0.2) is 4.98 Å². The lowest BCUT2D eigenvalue weighted by Crippen LogP contribution is -2.36. The van der Waals surface area contributed by atoms with Crippen molar-refractivity contribution in [2.75, 3.05) is 31.2 Å². The maximum absolute atomic E-state index is 10.7. The van der Waals surface area contributed by atoms with Crippen molar-refractivity contribution < 1.29 is 9.66 Å². The molecular formula is C11H11N3O3S. The van der Waals surface area contributed by atoms with Crippen molar-refractivity contribution in [2.24, 2.45) is 0 Å². The normalized spacial score (nSPS) is 16.1. The van der Waals surface area contributed by atoms with E-state index in [1.54, 1.807) is 12.1 Å². The van der Waals surface area contributed by atoms with Crippen LogP contribution in [0.3, 0.4) is 0 Å². The fraction of sp³-hybridized carbons (Fsp3) is 0.364. The molecular weight excluding hydrogens is 254 g/mol. The number of thiazole rings is 1. The van der Waals surface area contributed by atoms with Crippen molar-refractivity contribution in [3.63, 3.8) is 0 Å². The van der Waals surface area contributed by atoms with E-state index in [9.17, 15) is 10.1 Å². The number of hydrogen-bond donors (Lipinski definition) is 0. The first-order valence-corrected chi connectivity index (χ1v) is 6.43. The molecule has 94 valence electrons. The van der Waals surface area contributed by atoms with Gasteiger partial charge >= 0.3 is 0 Å². The maximum Gasteiger partial charge on any atom is 0.270 e. The molecule has 0 aliphatic carbocycles. The third-order valence-electron chi connectivity index (χ3n) is 2.85. The number of non-ortho nitro benzene ring substituents is 1. The number of nitro benzene ring substituents is 1. The van der Waals surface area contributed by atoms with Gasteiger partial charge in [-0.3, -0.25) is 10.1 Å². The molecule has 0 radical (unpaired) electrons. The lowest BCUT2D eigenvalue weighted by molar-refractivity contribution is -0.384. The smallest absolute Gasteiger partial charge is 0.270 e. The largest absolute Gasteiger partial charge is 0.378 e. The Hall–Kier alpha value is -1.73. The van der Waals surface area contributed by atoms with Gasteiger partial charge in [0.1, 0.15) is 0 Å². The quantitative estimate of drug-likeness (QED) is 0.614. The molecule has 1 aromatic heterocycles. The summed E-state index contributed by atoms with van der Waals surface area (Å²) in [6, 6.07) is 4.77. The highest BCUT2D eigenvalue weighted by Gasteiger charge is 2.16. The molecule has 0 amide bonds. The van der Waals surface area contributed by atoms with Crippen LogP contribution in [0.1, 0.15) is 0 Å². The van der Waals surface area contributed by atoms with Crippen molar-refractivity contribution in [3.05, 3.63) is 28.3 Å². The molecule has 2 aromatic rings. The second kappa shape index (κ2) is 4.51. The Bertz CT molecular complexity index is 592. The average Bonchev–Trinajstić information content (AvgIpc) is 2.82. The Morgan fingerprint density at radius 3 is 2.89 bits per heavy atom. The molecule has 1 aromatic carbocycles. The highest BCUT2D eigenvalue weighted by Crippen LogP contribution is 2.31. The minimum absolute atomic E-state index is 0.111. The molecule has 18 heavy (non-hydrogen) atoms. The minimum atomic E-state index is -0.381. The third kappa shape index (κ3) is 2.02. The molecule has 0 N–H and O–H groups in total. The van der Waals surface area contributed by atoms with Crippen LogP contribution in [-0.2, 0) is 4.74 Å². The van der Waals surface area contributed by atoms with Crippen LogP contribution in [0.2, 0.25) is 0 Å². The highest BCUT2D eigenvalue weighted by molar-refractivity contribution is 7.22. The molecule has 7 heteroatoms. The SMILES string of the molecule is O=[N+]([O-])c1ccc2nc(N3CCOCC3)sc2c1. The zero-order valence-corrected chi connectivity index (χ0v) is 10.4. The molecule has 1 aliphatic rings. The first-order valence-electron chi connectivity index (χ1n) is 5.62. The standard InChI is InChI=1S/C11H11N3O3S/c15-14(16)8-1-2-9-10(7-8)18-11(12-9)13-3-5-17-6-4-13/h1-2,7H,3-6H2. The van der Waals surface area contributed by atoms with Gasteiger partial charge in [0.2, 0.25) is 0 Å². The van der Waals surface area contributed by atoms with Crippen LogP contribution in [0.5, 0.6) is 0 Å². The number of ether oxygens (including phenoxy) is 1. The van der Waals surface area contributed by atoms with Gasteiger partial charge in [-0.05, 0) is 6.07 Å². The van der Waals surface area contributed by atoms with E-state index in [1.807, 2.05) is 0 Å². The second-order valence-corrected chi connectivity index (χ2v) is 5.01. The van der Waals surface area contributed by atoms with Crippen molar-refractivity contribution >= 4 is 32.4 Å². The van der Waals surface area contributed by atoms with E-state index in [4.69, 9.17) is 4.74 Å². The molecule has 0 spiro atoms. The Balaban J connectivity index is 1.97. The van der Waals surface area contributed by atoms with Crippen molar-refractivity contribution in [1.29, 1.82) is 0 Å². The fourth-order valence-corrected chi connectivity index (χ4v) is 2.95. The van der Waals surface area contributed by atoms with Crippen LogP contribution in [0.4, 0.5) is 10.8 Å². The summed E-state index contributed by atoms with van der Waals surface area (Å²) < 4.78 is 6.14. The summed E-state index contributed by atoms with van der Waals surface area (Å²) in [4.78, 5) is 17.0. The molecule has 0 saturated carbocycles. The molecule has 0 bridgehead atoms. The van der Waals surface area contributed by atoms with E-state index >= 15 is 0 Å². The number of nitrogens with zero attached hydrogens (tertiary/aromatic N) is 3. The van der Waals surface area contributed by atoms with Crippen LogP contribution in [0.15, 0.2) is 18.2 Å². The first kappa shape index (κ1) is 11.4. The van der Waals surface area contributed by atoms with Gasteiger partial charge in [0.15, 0.2) is 5.13 Å². The number of fused-ring (bicyclic) bond motifs is 1. The Labute approximate surface area is 107 Å². The van der Waals surface area contributed by atoms with Gasteiger partial charge in [-0.15, -0.1) is 0 Å². The van der Waals surface area contributed by atoms with Crippen molar-refractivity contribution in [3.8, 4) is 0 Å². The Kier molecular flexibility index (Phi) is 2.85. The number of hydrogen-bond acceptors (Lipinski definition) is 6.